The Morgan fingerprint density at radius 3 is 2.44 bits per heavy atom. The van der Waals surface area contributed by atoms with Crippen molar-refractivity contribution in [2.45, 2.75) is 6.92 Å². The molecule has 0 aromatic heterocycles. The summed E-state index contributed by atoms with van der Waals surface area (Å²) in [4.78, 5) is 11.0. The Labute approximate surface area is 121 Å². The quantitative estimate of drug-likeness (QED) is 0.360. The highest BCUT2D eigenvalue weighted by Gasteiger charge is 1.99. The molecule has 0 amide bonds. The minimum atomic E-state index is -2.06. The predicted molar refractivity (Wildman–Crippen MR) is 77.8 cm³/mol. The van der Waals surface area contributed by atoms with Crippen molar-refractivity contribution in [1.82, 2.24) is 0 Å². The molecule has 0 aliphatic rings. The number of esters is 1. The van der Waals surface area contributed by atoms with E-state index in [1.54, 1.807) is 13.0 Å². The number of allylic oxidation sites excluding steroid dienone is 2. The van der Waals surface area contributed by atoms with Gasteiger partial charge in [-0.15, -0.1) is 23.2 Å². The van der Waals surface area contributed by atoms with Crippen LogP contribution in [0.4, 0.5) is 0 Å². The Hall–Kier alpha value is -1.25. The molecule has 1 aromatic carbocycles. The lowest BCUT2D eigenvalue weighted by Gasteiger charge is -1.95. The van der Waals surface area contributed by atoms with Crippen LogP contribution >= 0.6 is 23.2 Å². The van der Waals surface area contributed by atoms with Gasteiger partial charge in [-0.05, 0) is 12.5 Å². The fourth-order valence-corrected chi connectivity index (χ4v) is 1.10. The van der Waals surface area contributed by atoms with Crippen LogP contribution in [0.1, 0.15) is 15.2 Å². The van der Waals surface area contributed by atoms with Crippen molar-refractivity contribution in [1.29, 1.82) is 0 Å². The third-order valence-corrected chi connectivity index (χ3v) is 1.94. The molecule has 4 heteroatoms. The smallest absolute Gasteiger partial charge is 0.333 e. The summed E-state index contributed by atoms with van der Waals surface area (Å²) in [5.41, 5.74) is 1.69. The first-order chi connectivity index (χ1) is 9.24. The first-order valence-electron chi connectivity index (χ1n) is 6.10. The van der Waals surface area contributed by atoms with E-state index in [0.29, 0.717) is 5.57 Å². The summed E-state index contributed by atoms with van der Waals surface area (Å²) in [7, 11) is 1.38. The summed E-state index contributed by atoms with van der Waals surface area (Å²) in [5, 5.41) is -2.06. The molecule has 0 saturated carbocycles. The van der Waals surface area contributed by atoms with Crippen LogP contribution in [0.2, 0.25) is 0 Å². The van der Waals surface area contributed by atoms with Gasteiger partial charge in [-0.2, -0.15) is 0 Å². The van der Waals surface area contributed by atoms with Gasteiger partial charge in [-0.1, -0.05) is 48.6 Å². The molecule has 0 N–H and O–H groups in total. The van der Waals surface area contributed by atoms with Crippen molar-refractivity contribution < 1.29 is 12.3 Å². The van der Waals surface area contributed by atoms with Gasteiger partial charge in [0, 0.05) is 5.57 Å². The molecule has 0 aliphatic heterocycles. The lowest BCUT2D eigenvalue weighted by atomic mass is 10.2. The number of benzene rings is 1. The SMILES string of the molecule is COC(=O)/C(C)=C/C=C/c1ccccc1.[2H]C([2H])(Cl)Cl. The van der Waals surface area contributed by atoms with Crippen molar-refractivity contribution in [3.05, 3.63) is 53.6 Å². The van der Waals surface area contributed by atoms with Crippen LogP contribution in [0, 0.1) is 0 Å². The second-order valence-corrected chi connectivity index (χ2v) is 3.75. The molecule has 0 heterocycles. The van der Waals surface area contributed by atoms with Crippen LogP contribution in [-0.2, 0) is 9.53 Å². The minimum absolute atomic E-state index is 0.298. The van der Waals surface area contributed by atoms with E-state index in [-0.39, 0.29) is 5.97 Å². The summed E-state index contributed by atoms with van der Waals surface area (Å²) in [6.45, 7) is 1.72. The fourth-order valence-electron chi connectivity index (χ4n) is 1.10. The van der Waals surface area contributed by atoms with Gasteiger partial charge in [0.05, 0.1) is 15.1 Å². The van der Waals surface area contributed by atoms with Crippen LogP contribution in [0.25, 0.3) is 6.08 Å². The van der Waals surface area contributed by atoms with Crippen LogP contribution in [-0.4, -0.2) is 18.4 Å². The van der Waals surface area contributed by atoms with Gasteiger partial charge in [0.2, 0.25) is 0 Å². The van der Waals surface area contributed by atoms with Gasteiger partial charge in [0.15, 0.2) is 0 Å². The lowest BCUT2D eigenvalue weighted by molar-refractivity contribution is -0.136. The molecule has 1 rings (SSSR count). The molecule has 0 bridgehead atoms. The average molecular weight is 289 g/mol. The molecule has 0 spiro atoms. The van der Waals surface area contributed by atoms with Crippen molar-refractivity contribution in [2.75, 3.05) is 12.4 Å². The van der Waals surface area contributed by atoms with E-state index in [2.05, 4.69) is 27.9 Å². The standard InChI is InChI=1S/C13H14O2.CH2Cl2/c1-11(13(14)15-2)7-6-10-12-8-4-3-5-9-12;2-1-3/h3-10H,1-2H3;1H2/b10-6+,11-7+;/i;1D2. The first-order valence-corrected chi connectivity index (χ1v) is 5.86. The molecule has 18 heavy (non-hydrogen) atoms. The Balaban J connectivity index is 0.000000621. The second kappa shape index (κ2) is 10.9. The van der Waals surface area contributed by atoms with E-state index >= 15 is 0 Å². The molecular weight excluding hydrogens is 271 g/mol. The van der Waals surface area contributed by atoms with E-state index in [0.717, 1.165) is 5.56 Å². The molecule has 0 atom stereocenters. The number of hydrogen-bond acceptors (Lipinski definition) is 2. The number of carbonyl (C=O) groups is 1. The lowest BCUT2D eigenvalue weighted by Crippen LogP contribution is -2.00. The average Bonchev–Trinajstić information content (AvgIpc) is 2.37. The van der Waals surface area contributed by atoms with E-state index in [4.69, 9.17) is 2.74 Å². The second-order valence-electron chi connectivity index (χ2n) is 3.18. The zero-order valence-corrected chi connectivity index (χ0v) is 11.7. The topological polar surface area (TPSA) is 26.3 Å². The maximum Gasteiger partial charge on any atom is 0.333 e. The molecule has 0 fully saturated rings. The molecule has 1 aromatic rings. The van der Waals surface area contributed by atoms with Gasteiger partial charge in [-0.25, -0.2) is 4.79 Å². The van der Waals surface area contributed by atoms with E-state index in [1.165, 1.54) is 7.11 Å². The number of alkyl halides is 2. The molecule has 0 saturated heterocycles. The Morgan fingerprint density at radius 2 is 1.94 bits per heavy atom. The molecule has 98 valence electrons. The van der Waals surface area contributed by atoms with Gasteiger partial charge in [0.1, 0.15) is 0 Å². The van der Waals surface area contributed by atoms with Crippen LogP contribution < -0.4 is 0 Å². The van der Waals surface area contributed by atoms with Gasteiger partial charge >= 0.3 is 5.97 Å². The fraction of sp³-hybridized carbons (Fsp3) is 0.214. The first kappa shape index (κ1) is 13.2. The molecule has 0 radical (unpaired) electrons. The third-order valence-electron chi connectivity index (χ3n) is 1.94. The van der Waals surface area contributed by atoms with E-state index in [1.807, 2.05) is 42.5 Å². The van der Waals surface area contributed by atoms with Crippen molar-refractivity contribution in [2.24, 2.45) is 0 Å². The number of carbonyl (C=O) groups excluding carboxylic acids is 1. The summed E-state index contributed by atoms with van der Waals surface area (Å²) >= 11 is 9.26. The predicted octanol–water partition coefficient (Wildman–Crippen LogP) is 4.24. The summed E-state index contributed by atoms with van der Waals surface area (Å²) in [6, 6.07) is 9.90. The highest BCUT2D eigenvalue weighted by Crippen LogP contribution is 2.02. The largest absolute Gasteiger partial charge is 0.466 e. The number of ether oxygens (including phenoxy) is 1. The van der Waals surface area contributed by atoms with Gasteiger partial charge in [-0.3, -0.25) is 0 Å². The molecule has 0 aliphatic carbocycles. The third kappa shape index (κ3) is 7.93. The molecule has 0 unspecified atom stereocenters. The van der Waals surface area contributed by atoms with Gasteiger partial charge in [0.25, 0.3) is 0 Å². The highest BCUT2D eigenvalue weighted by atomic mass is 35.5. The molecule has 2 nitrogen and oxygen atoms in total. The summed E-state index contributed by atoms with van der Waals surface area (Å²) in [5.74, 6) is -0.298. The number of hydrogen-bond donors (Lipinski definition) is 0. The van der Waals surface area contributed by atoms with E-state index in [9.17, 15) is 4.79 Å². The van der Waals surface area contributed by atoms with E-state index < -0.39 is 5.29 Å². The monoisotopic (exact) mass is 288 g/mol. The number of methoxy groups -OCH3 is 1. The van der Waals surface area contributed by atoms with Crippen molar-refractivity contribution in [3.63, 3.8) is 0 Å². The number of halogens is 2. The summed E-state index contributed by atoms with van der Waals surface area (Å²) in [6.07, 6.45) is 5.51. The minimum Gasteiger partial charge on any atom is -0.466 e. The van der Waals surface area contributed by atoms with Crippen LogP contribution in [0.3, 0.4) is 0 Å². The van der Waals surface area contributed by atoms with Crippen molar-refractivity contribution in [3.8, 4) is 0 Å². The Bertz CT molecular complexity index is 460. The Morgan fingerprint density at radius 1 is 1.39 bits per heavy atom. The molecular formula is C14H16Cl2O2. The normalized spacial score (nSPS) is 13.2. The zero-order chi connectivity index (χ0) is 15.6. The van der Waals surface area contributed by atoms with Crippen LogP contribution in [0.15, 0.2) is 48.1 Å². The maximum absolute atomic E-state index is 11.0. The van der Waals surface area contributed by atoms with Crippen molar-refractivity contribution >= 4 is 35.2 Å². The van der Waals surface area contributed by atoms with Crippen LogP contribution in [0.5, 0.6) is 0 Å². The zero-order valence-electron chi connectivity index (χ0n) is 12.2. The number of rotatable bonds is 3. The highest BCUT2D eigenvalue weighted by molar-refractivity contribution is 6.40. The Kier molecular flexibility index (Phi) is 7.97. The summed E-state index contributed by atoms with van der Waals surface area (Å²) < 4.78 is 16.8. The van der Waals surface area contributed by atoms with Gasteiger partial charge < -0.3 is 4.74 Å². The maximum atomic E-state index is 11.0.